The fraction of sp³-hybridized carbons (Fsp3) is 0.533. The van der Waals surface area contributed by atoms with E-state index in [1.165, 1.54) is 25.7 Å². The van der Waals surface area contributed by atoms with Crippen molar-refractivity contribution in [1.82, 2.24) is 0 Å². The first kappa shape index (κ1) is 12.8. The van der Waals surface area contributed by atoms with Gasteiger partial charge < -0.3 is 10.1 Å². The SMILES string of the molecule is CCC1CCC(Nc2c(C#N)cccc2OC)C1. The van der Waals surface area contributed by atoms with Crippen molar-refractivity contribution in [2.45, 2.75) is 38.6 Å². The number of hydrogen-bond acceptors (Lipinski definition) is 3. The molecule has 1 saturated carbocycles. The summed E-state index contributed by atoms with van der Waals surface area (Å²) in [4.78, 5) is 0. The van der Waals surface area contributed by atoms with Crippen LogP contribution >= 0.6 is 0 Å². The van der Waals surface area contributed by atoms with E-state index >= 15 is 0 Å². The van der Waals surface area contributed by atoms with Crippen molar-refractivity contribution in [1.29, 1.82) is 5.26 Å². The molecule has 0 aliphatic heterocycles. The zero-order valence-corrected chi connectivity index (χ0v) is 11.1. The van der Waals surface area contributed by atoms with Crippen LogP contribution in [0.2, 0.25) is 0 Å². The van der Waals surface area contributed by atoms with Crippen LogP contribution in [-0.4, -0.2) is 13.2 Å². The summed E-state index contributed by atoms with van der Waals surface area (Å²) in [5.41, 5.74) is 1.51. The molecule has 2 unspecified atom stereocenters. The topological polar surface area (TPSA) is 45.0 Å². The van der Waals surface area contributed by atoms with Crippen LogP contribution in [0.25, 0.3) is 0 Å². The lowest BCUT2D eigenvalue weighted by atomic mass is 10.1. The largest absolute Gasteiger partial charge is 0.495 e. The van der Waals surface area contributed by atoms with E-state index in [0.29, 0.717) is 11.6 Å². The summed E-state index contributed by atoms with van der Waals surface area (Å²) >= 11 is 0. The number of hydrogen-bond donors (Lipinski definition) is 1. The fourth-order valence-electron chi connectivity index (χ4n) is 2.72. The number of nitrogens with zero attached hydrogens (tertiary/aromatic N) is 1. The third-order valence-corrected chi connectivity index (χ3v) is 3.83. The first-order valence-electron chi connectivity index (χ1n) is 6.62. The van der Waals surface area contributed by atoms with Gasteiger partial charge in [-0.25, -0.2) is 0 Å². The number of ether oxygens (including phenoxy) is 1. The summed E-state index contributed by atoms with van der Waals surface area (Å²) in [6.07, 6.45) is 4.90. The lowest BCUT2D eigenvalue weighted by Crippen LogP contribution is -2.17. The summed E-state index contributed by atoms with van der Waals surface area (Å²) in [5, 5.41) is 12.7. The van der Waals surface area contributed by atoms with Crippen LogP contribution in [0.5, 0.6) is 5.75 Å². The minimum Gasteiger partial charge on any atom is -0.495 e. The van der Waals surface area contributed by atoms with Crippen LogP contribution in [0.3, 0.4) is 0 Å². The molecule has 0 heterocycles. The Labute approximate surface area is 109 Å². The van der Waals surface area contributed by atoms with Crippen LogP contribution < -0.4 is 10.1 Å². The molecule has 0 spiro atoms. The predicted molar refractivity (Wildman–Crippen MR) is 72.8 cm³/mol. The van der Waals surface area contributed by atoms with Gasteiger partial charge in [-0.15, -0.1) is 0 Å². The number of anilines is 1. The van der Waals surface area contributed by atoms with Crippen molar-refractivity contribution in [3.8, 4) is 11.8 Å². The molecule has 1 aromatic rings. The molecule has 1 aliphatic carbocycles. The highest BCUT2D eigenvalue weighted by molar-refractivity contribution is 5.66. The third kappa shape index (κ3) is 2.59. The highest BCUT2D eigenvalue weighted by atomic mass is 16.5. The molecule has 1 aliphatic rings. The second-order valence-corrected chi connectivity index (χ2v) is 4.92. The average molecular weight is 244 g/mol. The Morgan fingerprint density at radius 1 is 1.44 bits per heavy atom. The van der Waals surface area contributed by atoms with Crippen LogP contribution in [0.15, 0.2) is 18.2 Å². The van der Waals surface area contributed by atoms with E-state index in [-0.39, 0.29) is 0 Å². The van der Waals surface area contributed by atoms with E-state index in [1.807, 2.05) is 18.2 Å². The smallest absolute Gasteiger partial charge is 0.143 e. The molecular formula is C15H20N2O. The molecule has 1 fully saturated rings. The van der Waals surface area contributed by atoms with Gasteiger partial charge in [-0.2, -0.15) is 5.26 Å². The number of nitrogens with one attached hydrogen (secondary N) is 1. The van der Waals surface area contributed by atoms with Crippen LogP contribution in [-0.2, 0) is 0 Å². The van der Waals surface area contributed by atoms with Gasteiger partial charge in [0.15, 0.2) is 0 Å². The molecule has 3 heteroatoms. The molecule has 18 heavy (non-hydrogen) atoms. The molecule has 3 nitrogen and oxygen atoms in total. The Balaban J connectivity index is 2.16. The maximum absolute atomic E-state index is 9.16. The number of benzene rings is 1. The van der Waals surface area contributed by atoms with Gasteiger partial charge in [-0.05, 0) is 37.3 Å². The van der Waals surface area contributed by atoms with Crippen LogP contribution in [0.1, 0.15) is 38.2 Å². The number of para-hydroxylation sites is 1. The molecule has 1 aromatic carbocycles. The van der Waals surface area contributed by atoms with Gasteiger partial charge in [-0.3, -0.25) is 0 Å². The van der Waals surface area contributed by atoms with E-state index in [1.54, 1.807) is 7.11 Å². The zero-order chi connectivity index (χ0) is 13.0. The van der Waals surface area contributed by atoms with Gasteiger partial charge in [0.25, 0.3) is 0 Å². The predicted octanol–water partition coefficient (Wildman–Crippen LogP) is 3.56. The summed E-state index contributed by atoms with van der Waals surface area (Å²) in [6, 6.07) is 8.28. The Morgan fingerprint density at radius 2 is 2.28 bits per heavy atom. The van der Waals surface area contributed by atoms with Gasteiger partial charge in [0.1, 0.15) is 11.8 Å². The zero-order valence-electron chi connectivity index (χ0n) is 11.1. The van der Waals surface area contributed by atoms with Crippen molar-refractivity contribution in [2.75, 3.05) is 12.4 Å². The highest BCUT2D eigenvalue weighted by Gasteiger charge is 2.24. The van der Waals surface area contributed by atoms with Crippen molar-refractivity contribution in [3.05, 3.63) is 23.8 Å². The molecule has 2 atom stereocenters. The number of methoxy groups -OCH3 is 1. The van der Waals surface area contributed by atoms with Gasteiger partial charge in [0, 0.05) is 6.04 Å². The minimum absolute atomic E-state index is 0.471. The van der Waals surface area contributed by atoms with Gasteiger partial charge in [0.2, 0.25) is 0 Å². The van der Waals surface area contributed by atoms with E-state index in [0.717, 1.165) is 17.4 Å². The molecule has 0 saturated heterocycles. The van der Waals surface area contributed by atoms with Crippen LogP contribution in [0, 0.1) is 17.2 Å². The monoisotopic (exact) mass is 244 g/mol. The Hall–Kier alpha value is -1.69. The Kier molecular flexibility index (Phi) is 4.09. The standard InChI is InChI=1S/C15H20N2O/c1-3-11-7-8-13(9-11)17-15-12(10-16)5-4-6-14(15)18-2/h4-6,11,13,17H,3,7-9H2,1-2H3. The van der Waals surface area contributed by atoms with Crippen molar-refractivity contribution < 1.29 is 4.74 Å². The summed E-state index contributed by atoms with van der Waals surface area (Å²) in [5.74, 6) is 1.58. The maximum atomic E-state index is 9.16. The van der Waals surface area contributed by atoms with Crippen molar-refractivity contribution in [3.63, 3.8) is 0 Å². The molecule has 96 valence electrons. The van der Waals surface area contributed by atoms with Gasteiger partial charge in [0.05, 0.1) is 18.4 Å². The van der Waals surface area contributed by atoms with Crippen molar-refractivity contribution >= 4 is 5.69 Å². The van der Waals surface area contributed by atoms with E-state index in [9.17, 15) is 0 Å². The summed E-state index contributed by atoms with van der Waals surface area (Å²) < 4.78 is 5.34. The first-order valence-corrected chi connectivity index (χ1v) is 6.62. The average Bonchev–Trinajstić information content (AvgIpc) is 2.86. The van der Waals surface area contributed by atoms with Crippen molar-refractivity contribution in [2.24, 2.45) is 5.92 Å². The Bertz CT molecular complexity index is 450. The highest BCUT2D eigenvalue weighted by Crippen LogP contribution is 2.34. The lowest BCUT2D eigenvalue weighted by molar-refractivity contribution is 0.415. The number of rotatable bonds is 4. The van der Waals surface area contributed by atoms with E-state index in [4.69, 9.17) is 10.00 Å². The van der Waals surface area contributed by atoms with Crippen LogP contribution in [0.4, 0.5) is 5.69 Å². The van der Waals surface area contributed by atoms with E-state index in [2.05, 4.69) is 18.3 Å². The minimum atomic E-state index is 0.471. The second kappa shape index (κ2) is 5.77. The second-order valence-electron chi connectivity index (χ2n) is 4.92. The van der Waals surface area contributed by atoms with E-state index < -0.39 is 0 Å². The lowest BCUT2D eigenvalue weighted by Gasteiger charge is -2.18. The fourth-order valence-corrected chi connectivity index (χ4v) is 2.72. The normalized spacial score (nSPS) is 22.5. The molecule has 0 amide bonds. The molecule has 0 radical (unpaired) electrons. The third-order valence-electron chi connectivity index (χ3n) is 3.83. The Morgan fingerprint density at radius 3 is 2.89 bits per heavy atom. The van der Waals surface area contributed by atoms with Gasteiger partial charge >= 0.3 is 0 Å². The maximum Gasteiger partial charge on any atom is 0.143 e. The summed E-state index contributed by atoms with van der Waals surface area (Å²) in [6.45, 7) is 2.25. The molecular weight excluding hydrogens is 224 g/mol. The number of nitriles is 1. The summed E-state index contributed by atoms with van der Waals surface area (Å²) in [7, 11) is 1.64. The molecule has 0 aromatic heterocycles. The van der Waals surface area contributed by atoms with Gasteiger partial charge in [-0.1, -0.05) is 19.4 Å². The first-order chi connectivity index (χ1) is 8.78. The molecule has 1 N–H and O–H groups in total. The molecule has 0 bridgehead atoms. The quantitative estimate of drug-likeness (QED) is 0.880. The molecule has 2 rings (SSSR count).